The number of nitrogens with zero attached hydrogens (tertiary/aromatic N) is 3. The summed E-state index contributed by atoms with van der Waals surface area (Å²) in [5, 5.41) is 4.59. The molecule has 0 unspecified atom stereocenters. The van der Waals surface area contributed by atoms with Crippen LogP contribution in [0.4, 0.5) is 0 Å². The van der Waals surface area contributed by atoms with E-state index in [1.807, 2.05) is 10.6 Å². The molecule has 0 aromatic carbocycles. The SMILES string of the molecule is C=CCn1c(-c2ccco2)nn([C@@H]2CC(=O)[C@H]3OC[C@H]2O3)c1=S. The van der Waals surface area contributed by atoms with Crippen molar-refractivity contribution in [3.8, 4) is 11.6 Å². The molecule has 4 rings (SSSR count). The van der Waals surface area contributed by atoms with Gasteiger partial charge in [0.25, 0.3) is 0 Å². The summed E-state index contributed by atoms with van der Waals surface area (Å²) in [7, 11) is 0. The molecule has 2 fully saturated rings. The summed E-state index contributed by atoms with van der Waals surface area (Å²) in [5.41, 5.74) is 0. The zero-order valence-electron chi connectivity index (χ0n) is 12.3. The number of rotatable bonds is 4. The van der Waals surface area contributed by atoms with Gasteiger partial charge in [-0.1, -0.05) is 6.08 Å². The smallest absolute Gasteiger partial charge is 0.218 e. The van der Waals surface area contributed by atoms with Crippen LogP contribution in [-0.4, -0.2) is 39.1 Å². The Balaban J connectivity index is 1.80. The summed E-state index contributed by atoms with van der Waals surface area (Å²) in [4.78, 5) is 12.0. The lowest BCUT2D eigenvalue weighted by atomic mass is 10.0. The Labute approximate surface area is 137 Å². The highest BCUT2D eigenvalue weighted by atomic mass is 32.1. The van der Waals surface area contributed by atoms with E-state index in [4.69, 9.17) is 26.1 Å². The summed E-state index contributed by atoms with van der Waals surface area (Å²) in [6, 6.07) is 3.34. The predicted octanol–water partition coefficient (Wildman–Crippen LogP) is 2.12. The Morgan fingerprint density at radius 1 is 1.52 bits per heavy atom. The maximum atomic E-state index is 12.0. The molecular weight excluding hydrogens is 318 g/mol. The number of aromatic nitrogens is 3. The lowest BCUT2D eigenvalue weighted by molar-refractivity contribution is -0.156. The number of carbonyl (C=O) groups is 1. The summed E-state index contributed by atoms with van der Waals surface area (Å²) < 4.78 is 20.4. The van der Waals surface area contributed by atoms with E-state index in [9.17, 15) is 4.79 Å². The number of hydrogen-bond acceptors (Lipinski definition) is 6. The number of ketones is 1. The molecule has 2 aromatic heterocycles. The molecule has 120 valence electrons. The van der Waals surface area contributed by atoms with E-state index in [-0.39, 0.29) is 17.9 Å². The summed E-state index contributed by atoms with van der Waals surface area (Å²) in [6.07, 6.45) is 2.67. The molecule has 2 bridgehead atoms. The van der Waals surface area contributed by atoms with E-state index in [2.05, 4.69) is 11.7 Å². The van der Waals surface area contributed by atoms with Crippen LogP contribution in [0.5, 0.6) is 0 Å². The predicted molar refractivity (Wildman–Crippen MR) is 82.2 cm³/mol. The highest BCUT2D eigenvalue weighted by Crippen LogP contribution is 2.33. The van der Waals surface area contributed by atoms with Crippen LogP contribution < -0.4 is 0 Å². The number of allylic oxidation sites excluding steroid dienone is 1. The number of ether oxygens (including phenoxy) is 2. The minimum absolute atomic E-state index is 0.0801. The number of carbonyl (C=O) groups excluding carboxylic acids is 1. The second kappa shape index (κ2) is 5.55. The molecule has 2 aliphatic heterocycles. The summed E-state index contributed by atoms with van der Waals surface area (Å²) in [5.74, 6) is 1.14. The highest BCUT2D eigenvalue weighted by Gasteiger charge is 2.45. The monoisotopic (exact) mass is 333 g/mol. The van der Waals surface area contributed by atoms with Gasteiger partial charge >= 0.3 is 0 Å². The molecule has 2 aliphatic rings. The van der Waals surface area contributed by atoms with Crippen LogP contribution in [0.3, 0.4) is 0 Å². The number of furan rings is 1. The molecule has 2 saturated heterocycles. The third-order valence-corrected chi connectivity index (χ3v) is 4.47. The number of Topliss-reactive ketones (excluding diaryl/α,β-unsaturated/α-hetero) is 1. The number of fused-ring (bicyclic) bond motifs is 2. The molecule has 4 heterocycles. The van der Waals surface area contributed by atoms with Gasteiger partial charge in [0.1, 0.15) is 6.10 Å². The van der Waals surface area contributed by atoms with Gasteiger partial charge in [-0.15, -0.1) is 11.7 Å². The van der Waals surface area contributed by atoms with E-state index >= 15 is 0 Å². The van der Waals surface area contributed by atoms with Crippen LogP contribution in [0.25, 0.3) is 11.6 Å². The topological polar surface area (TPSA) is 71.4 Å². The normalized spacial score (nSPS) is 26.6. The van der Waals surface area contributed by atoms with Gasteiger partial charge < -0.3 is 13.9 Å². The molecule has 3 atom stereocenters. The first-order valence-corrected chi connectivity index (χ1v) is 7.73. The maximum absolute atomic E-state index is 12.0. The fourth-order valence-corrected chi connectivity index (χ4v) is 3.32. The molecular formula is C15H15N3O4S. The fourth-order valence-electron chi connectivity index (χ4n) is 2.98. The first-order valence-electron chi connectivity index (χ1n) is 7.33. The van der Waals surface area contributed by atoms with Gasteiger partial charge in [0.05, 0.1) is 18.9 Å². The highest BCUT2D eigenvalue weighted by molar-refractivity contribution is 7.71. The van der Waals surface area contributed by atoms with Gasteiger partial charge in [0.15, 0.2) is 22.1 Å². The van der Waals surface area contributed by atoms with Gasteiger partial charge in [-0.2, -0.15) is 0 Å². The molecule has 0 N–H and O–H groups in total. The first-order chi connectivity index (χ1) is 11.2. The Morgan fingerprint density at radius 2 is 2.39 bits per heavy atom. The molecule has 0 aliphatic carbocycles. The quantitative estimate of drug-likeness (QED) is 0.630. The van der Waals surface area contributed by atoms with E-state index in [1.165, 1.54) is 0 Å². The molecule has 23 heavy (non-hydrogen) atoms. The van der Waals surface area contributed by atoms with Gasteiger partial charge in [-0.05, 0) is 24.4 Å². The Kier molecular flexibility index (Phi) is 3.51. The van der Waals surface area contributed by atoms with Crippen molar-refractivity contribution in [2.24, 2.45) is 0 Å². The van der Waals surface area contributed by atoms with E-state index in [0.29, 0.717) is 35.9 Å². The van der Waals surface area contributed by atoms with Crippen LogP contribution in [0.2, 0.25) is 0 Å². The zero-order chi connectivity index (χ0) is 16.0. The van der Waals surface area contributed by atoms with Crippen LogP contribution in [0.15, 0.2) is 35.5 Å². The van der Waals surface area contributed by atoms with Crippen molar-refractivity contribution in [1.82, 2.24) is 14.3 Å². The summed E-state index contributed by atoms with van der Waals surface area (Å²) >= 11 is 5.55. The van der Waals surface area contributed by atoms with Crippen LogP contribution in [0, 0.1) is 4.77 Å². The van der Waals surface area contributed by atoms with E-state index in [1.54, 1.807) is 23.1 Å². The van der Waals surface area contributed by atoms with Gasteiger partial charge in [-0.3, -0.25) is 9.36 Å². The number of hydrogen-bond donors (Lipinski definition) is 0. The molecule has 0 spiro atoms. The van der Waals surface area contributed by atoms with Gasteiger partial charge in [0, 0.05) is 13.0 Å². The van der Waals surface area contributed by atoms with Crippen LogP contribution in [-0.2, 0) is 20.8 Å². The van der Waals surface area contributed by atoms with Crippen molar-refractivity contribution in [2.75, 3.05) is 6.61 Å². The van der Waals surface area contributed by atoms with E-state index in [0.717, 1.165) is 0 Å². The maximum Gasteiger partial charge on any atom is 0.218 e. The second-order valence-electron chi connectivity index (χ2n) is 5.50. The van der Waals surface area contributed by atoms with Crippen molar-refractivity contribution >= 4 is 18.0 Å². The Bertz CT molecular complexity index is 807. The third kappa shape index (κ3) is 2.30. The second-order valence-corrected chi connectivity index (χ2v) is 5.87. The summed E-state index contributed by atoms with van der Waals surface area (Å²) in [6.45, 7) is 4.63. The molecule has 0 radical (unpaired) electrons. The lowest BCUT2D eigenvalue weighted by Crippen LogP contribution is -2.37. The Morgan fingerprint density at radius 3 is 3.13 bits per heavy atom. The van der Waals surface area contributed by atoms with Gasteiger partial charge in [-0.25, -0.2) is 4.68 Å². The van der Waals surface area contributed by atoms with Crippen molar-refractivity contribution in [3.63, 3.8) is 0 Å². The Hall–Kier alpha value is -2.03. The van der Waals surface area contributed by atoms with Crippen molar-refractivity contribution < 1.29 is 18.7 Å². The molecule has 0 amide bonds. The molecule has 2 aromatic rings. The average molecular weight is 333 g/mol. The average Bonchev–Trinajstić information content (AvgIpc) is 3.25. The molecule has 0 saturated carbocycles. The molecule has 7 nitrogen and oxygen atoms in total. The minimum atomic E-state index is -0.731. The lowest BCUT2D eigenvalue weighted by Gasteiger charge is -2.26. The standard InChI is InChI=1S/C15H15N3O4S/c1-2-5-17-13(11-4-3-6-20-11)16-18(15(17)23)9-7-10(19)14-21-8-12(9)22-14/h2-4,6,9,12,14H,1,5,7-8H2/t9-,12-,14+/m1/s1. The van der Waals surface area contributed by atoms with E-state index < -0.39 is 6.29 Å². The fraction of sp³-hybridized carbons (Fsp3) is 0.400. The van der Waals surface area contributed by atoms with Crippen LogP contribution in [0.1, 0.15) is 12.5 Å². The first kappa shape index (κ1) is 14.6. The zero-order valence-corrected chi connectivity index (χ0v) is 13.1. The van der Waals surface area contributed by atoms with Gasteiger partial charge in [0.2, 0.25) is 6.29 Å². The van der Waals surface area contributed by atoms with Crippen molar-refractivity contribution in [1.29, 1.82) is 0 Å². The van der Waals surface area contributed by atoms with Crippen LogP contribution >= 0.6 is 12.2 Å². The van der Waals surface area contributed by atoms with Crippen molar-refractivity contribution in [2.45, 2.75) is 31.4 Å². The minimum Gasteiger partial charge on any atom is -0.461 e. The third-order valence-electron chi connectivity index (χ3n) is 4.07. The largest absolute Gasteiger partial charge is 0.461 e. The molecule has 8 heteroatoms. The van der Waals surface area contributed by atoms with Crippen molar-refractivity contribution in [3.05, 3.63) is 35.8 Å².